The van der Waals surface area contributed by atoms with E-state index in [0.29, 0.717) is 18.7 Å². The summed E-state index contributed by atoms with van der Waals surface area (Å²) in [6, 6.07) is 7.49. The van der Waals surface area contributed by atoms with Gasteiger partial charge in [-0.15, -0.1) is 0 Å². The Labute approximate surface area is 119 Å². The lowest BCUT2D eigenvalue weighted by Gasteiger charge is -2.17. The van der Waals surface area contributed by atoms with Crippen LogP contribution >= 0.6 is 0 Å². The molecular weight excluding hydrogens is 256 g/mol. The van der Waals surface area contributed by atoms with Crippen molar-refractivity contribution in [1.82, 2.24) is 5.32 Å². The van der Waals surface area contributed by atoms with Crippen LogP contribution in [0.4, 0.5) is 5.69 Å². The fourth-order valence-electron chi connectivity index (χ4n) is 2.08. The normalized spacial score (nSPS) is 20.7. The van der Waals surface area contributed by atoms with Crippen LogP contribution in [0.5, 0.6) is 0 Å². The second-order valence-electron chi connectivity index (χ2n) is 5.60. The van der Waals surface area contributed by atoms with Crippen LogP contribution in [0.2, 0.25) is 0 Å². The van der Waals surface area contributed by atoms with Gasteiger partial charge in [0.05, 0.1) is 6.61 Å². The number of anilines is 1. The molecule has 5 heteroatoms. The van der Waals surface area contributed by atoms with Crippen molar-refractivity contribution in [2.24, 2.45) is 0 Å². The number of nitrogens with one attached hydrogen (secondary N) is 1. The molecule has 20 heavy (non-hydrogen) atoms. The summed E-state index contributed by atoms with van der Waals surface area (Å²) in [5.74, 6) is -0.647. The van der Waals surface area contributed by atoms with Crippen molar-refractivity contribution >= 4 is 11.6 Å². The molecule has 5 nitrogen and oxygen atoms in total. The summed E-state index contributed by atoms with van der Waals surface area (Å²) in [5, 5.41) is 2.87. The Morgan fingerprint density at radius 3 is 2.50 bits per heavy atom. The summed E-state index contributed by atoms with van der Waals surface area (Å²) in [4.78, 5) is 14.0. The molecular formula is C15H22N2O3. The number of hydrogen-bond acceptors (Lipinski definition) is 4. The van der Waals surface area contributed by atoms with Crippen molar-refractivity contribution in [3.05, 3.63) is 29.8 Å². The molecule has 1 aliphatic rings. The molecule has 1 saturated heterocycles. The van der Waals surface area contributed by atoms with Gasteiger partial charge in [0.1, 0.15) is 6.10 Å². The van der Waals surface area contributed by atoms with Crippen molar-refractivity contribution in [3.8, 4) is 0 Å². The van der Waals surface area contributed by atoms with E-state index in [4.69, 9.17) is 9.47 Å². The molecule has 110 valence electrons. The van der Waals surface area contributed by atoms with Gasteiger partial charge in [-0.2, -0.15) is 0 Å². The maximum absolute atomic E-state index is 12.0. The highest BCUT2D eigenvalue weighted by Gasteiger charge is 2.32. The first-order valence-corrected chi connectivity index (χ1v) is 6.75. The van der Waals surface area contributed by atoms with Crippen molar-refractivity contribution in [3.63, 3.8) is 0 Å². The minimum absolute atomic E-state index is 0.0880. The summed E-state index contributed by atoms with van der Waals surface area (Å²) in [7, 11) is 3.93. The van der Waals surface area contributed by atoms with E-state index in [9.17, 15) is 4.79 Å². The topological polar surface area (TPSA) is 50.8 Å². The lowest BCUT2D eigenvalue weighted by Crippen LogP contribution is -2.34. The van der Waals surface area contributed by atoms with Gasteiger partial charge in [0.15, 0.2) is 5.79 Å². The summed E-state index contributed by atoms with van der Waals surface area (Å²) < 4.78 is 11.1. The maximum atomic E-state index is 12.0. The van der Waals surface area contributed by atoms with Crippen LogP contribution in [0.1, 0.15) is 24.2 Å². The summed E-state index contributed by atoms with van der Waals surface area (Å²) in [6.07, 6.45) is -0.0880. The Balaban J connectivity index is 1.86. The van der Waals surface area contributed by atoms with Gasteiger partial charge in [0.2, 0.25) is 0 Å². The quantitative estimate of drug-likeness (QED) is 0.909. The predicted molar refractivity (Wildman–Crippen MR) is 78.0 cm³/mol. The minimum atomic E-state index is -0.553. The first-order valence-electron chi connectivity index (χ1n) is 6.75. The molecule has 1 fully saturated rings. The van der Waals surface area contributed by atoms with E-state index in [1.165, 1.54) is 0 Å². The van der Waals surface area contributed by atoms with Gasteiger partial charge < -0.3 is 19.7 Å². The molecule has 0 aliphatic carbocycles. The van der Waals surface area contributed by atoms with E-state index < -0.39 is 5.79 Å². The van der Waals surface area contributed by atoms with Crippen LogP contribution in [0, 0.1) is 0 Å². The Kier molecular flexibility index (Phi) is 4.30. The van der Waals surface area contributed by atoms with E-state index in [1.54, 1.807) is 0 Å². The highest BCUT2D eigenvalue weighted by atomic mass is 16.7. The summed E-state index contributed by atoms with van der Waals surface area (Å²) in [5.41, 5.74) is 1.71. The van der Waals surface area contributed by atoms with Gasteiger partial charge >= 0.3 is 0 Å². The molecule has 0 radical (unpaired) electrons. The Bertz CT molecular complexity index is 469. The molecule has 1 aromatic carbocycles. The van der Waals surface area contributed by atoms with Crippen LogP contribution in [0.25, 0.3) is 0 Å². The maximum Gasteiger partial charge on any atom is 0.251 e. The molecule has 1 aliphatic heterocycles. The largest absolute Gasteiger partial charge is 0.378 e. The van der Waals surface area contributed by atoms with Gasteiger partial charge in [0, 0.05) is 31.9 Å². The van der Waals surface area contributed by atoms with Gasteiger partial charge in [-0.05, 0) is 38.1 Å². The number of benzene rings is 1. The number of hydrogen-bond donors (Lipinski definition) is 1. The van der Waals surface area contributed by atoms with Gasteiger partial charge in [-0.3, -0.25) is 4.79 Å². The SMILES string of the molecule is CN(C)c1ccc(C(=O)NCC2COC(C)(C)O2)cc1. The Hall–Kier alpha value is -1.59. The molecule has 2 rings (SSSR count). The van der Waals surface area contributed by atoms with Crippen LogP contribution in [0.3, 0.4) is 0 Å². The third-order valence-electron chi connectivity index (χ3n) is 3.20. The fraction of sp³-hybridized carbons (Fsp3) is 0.533. The van der Waals surface area contributed by atoms with Crippen LogP contribution in [-0.4, -0.2) is 45.0 Å². The molecule has 1 N–H and O–H groups in total. The first-order chi connectivity index (χ1) is 9.37. The van der Waals surface area contributed by atoms with Crippen molar-refractivity contribution in [2.45, 2.75) is 25.7 Å². The molecule has 1 aromatic rings. The number of rotatable bonds is 4. The van der Waals surface area contributed by atoms with E-state index in [0.717, 1.165) is 5.69 Å². The van der Waals surface area contributed by atoms with E-state index in [2.05, 4.69) is 5.32 Å². The van der Waals surface area contributed by atoms with Crippen molar-refractivity contribution in [2.75, 3.05) is 32.1 Å². The fourth-order valence-corrected chi connectivity index (χ4v) is 2.08. The van der Waals surface area contributed by atoms with Crippen LogP contribution in [-0.2, 0) is 9.47 Å². The van der Waals surface area contributed by atoms with Crippen molar-refractivity contribution < 1.29 is 14.3 Å². The third kappa shape index (κ3) is 3.71. The smallest absolute Gasteiger partial charge is 0.251 e. The Morgan fingerprint density at radius 1 is 1.35 bits per heavy atom. The molecule has 0 saturated carbocycles. The molecule has 0 spiro atoms. The average Bonchev–Trinajstić information content (AvgIpc) is 2.75. The predicted octanol–water partition coefficient (Wildman–Crippen LogP) is 1.63. The van der Waals surface area contributed by atoms with Crippen molar-refractivity contribution in [1.29, 1.82) is 0 Å². The molecule has 0 bridgehead atoms. The zero-order chi connectivity index (χ0) is 14.8. The lowest BCUT2D eigenvalue weighted by atomic mass is 10.2. The lowest BCUT2D eigenvalue weighted by molar-refractivity contribution is -0.137. The molecule has 0 aromatic heterocycles. The molecule has 1 amide bonds. The summed E-state index contributed by atoms with van der Waals surface area (Å²) >= 11 is 0. The zero-order valence-corrected chi connectivity index (χ0v) is 12.5. The van der Waals surface area contributed by atoms with E-state index in [-0.39, 0.29) is 12.0 Å². The number of nitrogens with zero attached hydrogens (tertiary/aromatic N) is 1. The number of amides is 1. The monoisotopic (exact) mass is 278 g/mol. The molecule has 1 atom stereocenters. The first kappa shape index (κ1) is 14.8. The average molecular weight is 278 g/mol. The van der Waals surface area contributed by atoms with Gasteiger partial charge in [-0.25, -0.2) is 0 Å². The van der Waals surface area contributed by atoms with Crippen LogP contribution in [0.15, 0.2) is 24.3 Å². The standard InChI is InChI=1S/C15H22N2O3/c1-15(2)19-10-13(20-15)9-16-14(18)11-5-7-12(8-6-11)17(3)4/h5-8,13H,9-10H2,1-4H3,(H,16,18). The van der Waals surface area contributed by atoms with Gasteiger partial charge in [-0.1, -0.05) is 0 Å². The highest BCUT2D eigenvalue weighted by molar-refractivity contribution is 5.94. The van der Waals surface area contributed by atoms with E-state index >= 15 is 0 Å². The number of carbonyl (C=O) groups is 1. The van der Waals surface area contributed by atoms with Gasteiger partial charge in [0.25, 0.3) is 5.91 Å². The third-order valence-corrected chi connectivity index (χ3v) is 3.20. The zero-order valence-electron chi connectivity index (χ0n) is 12.5. The van der Waals surface area contributed by atoms with Crippen LogP contribution < -0.4 is 10.2 Å². The highest BCUT2D eigenvalue weighted by Crippen LogP contribution is 2.21. The number of ether oxygens (including phenoxy) is 2. The number of carbonyl (C=O) groups excluding carboxylic acids is 1. The second kappa shape index (κ2) is 5.81. The molecule has 1 heterocycles. The molecule has 1 unspecified atom stereocenters. The summed E-state index contributed by atoms with van der Waals surface area (Å²) in [6.45, 7) is 4.70. The Morgan fingerprint density at radius 2 is 2.00 bits per heavy atom. The second-order valence-corrected chi connectivity index (χ2v) is 5.60. The minimum Gasteiger partial charge on any atom is -0.378 e. The van der Waals surface area contributed by atoms with E-state index in [1.807, 2.05) is 57.1 Å².